The molecule has 5 heteroatoms. The van der Waals surface area contributed by atoms with Crippen LogP contribution < -0.4 is 11.1 Å². The predicted octanol–water partition coefficient (Wildman–Crippen LogP) is 2.03. The molecule has 2 aromatic rings. The molecular weight excluding hydrogens is 213 g/mol. The number of hydrogen-bond donors (Lipinski definition) is 2. The lowest BCUT2D eigenvalue weighted by atomic mass is 10.2. The van der Waals surface area contributed by atoms with Gasteiger partial charge in [0.15, 0.2) is 5.11 Å². The molecule has 3 N–H and O–H groups in total. The average molecular weight is 221 g/mol. The van der Waals surface area contributed by atoms with E-state index < -0.39 is 0 Å². The van der Waals surface area contributed by atoms with Gasteiger partial charge in [0, 0.05) is 11.1 Å². The standard InChI is InChI=1S/C10H8FN3S/c11-7-3-6-1-2-8(14-10(12)15)4-9(6)13-5-7/h1-5H,(H3,12,14,15). The van der Waals surface area contributed by atoms with Crippen LogP contribution in [0.4, 0.5) is 10.1 Å². The molecule has 0 saturated heterocycles. The van der Waals surface area contributed by atoms with Gasteiger partial charge in [-0.25, -0.2) is 4.39 Å². The lowest BCUT2D eigenvalue weighted by Crippen LogP contribution is -2.18. The Labute approximate surface area is 91.1 Å². The first-order chi connectivity index (χ1) is 7.15. The Morgan fingerprint density at radius 2 is 2.20 bits per heavy atom. The first-order valence-electron chi connectivity index (χ1n) is 4.27. The Bertz CT molecular complexity index is 527. The van der Waals surface area contributed by atoms with Crippen LogP contribution in [0.1, 0.15) is 0 Å². The SMILES string of the molecule is NC(=S)Nc1ccc2cc(F)cnc2c1. The van der Waals surface area contributed by atoms with Crippen LogP contribution in [0.3, 0.4) is 0 Å². The molecule has 1 aromatic heterocycles. The van der Waals surface area contributed by atoms with Crippen LogP contribution in [0.15, 0.2) is 30.5 Å². The van der Waals surface area contributed by atoms with Crippen molar-refractivity contribution in [2.24, 2.45) is 5.73 Å². The second kappa shape index (κ2) is 3.78. The van der Waals surface area contributed by atoms with E-state index >= 15 is 0 Å². The number of halogens is 1. The second-order valence-corrected chi connectivity index (χ2v) is 3.49. The van der Waals surface area contributed by atoms with E-state index in [2.05, 4.69) is 10.3 Å². The summed E-state index contributed by atoms with van der Waals surface area (Å²) in [6.45, 7) is 0. The van der Waals surface area contributed by atoms with Crippen molar-refractivity contribution in [2.75, 3.05) is 5.32 Å². The van der Waals surface area contributed by atoms with Crippen LogP contribution in [-0.2, 0) is 0 Å². The molecule has 0 bridgehead atoms. The Kier molecular flexibility index (Phi) is 2.47. The summed E-state index contributed by atoms with van der Waals surface area (Å²) in [5.41, 5.74) is 6.77. The lowest BCUT2D eigenvalue weighted by Gasteiger charge is -2.04. The van der Waals surface area contributed by atoms with Gasteiger partial charge in [-0.2, -0.15) is 0 Å². The number of nitrogens with two attached hydrogens (primary N) is 1. The van der Waals surface area contributed by atoms with E-state index in [4.69, 9.17) is 18.0 Å². The Hall–Kier alpha value is -1.75. The van der Waals surface area contributed by atoms with Gasteiger partial charge < -0.3 is 11.1 Å². The van der Waals surface area contributed by atoms with Gasteiger partial charge in [0.2, 0.25) is 0 Å². The zero-order valence-electron chi connectivity index (χ0n) is 7.70. The summed E-state index contributed by atoms with van der Waals surface area (Å²) in [5.74, 6) is -0.349. The Morgan fingerprint density at radius 3 is 2.93 bits per heavy atom. The van der Waals surface area contributed by atoms with Crippen molar-refractivity contribution >= 4 is 33.9 Å². The molecule has 0 aliphatic heterocycles. The number of rotatable bonds is 1. The number of benzene rings is 1. The maximum Gasteiger partial charge on any atom is 0.168 e. The minimum atomic E-state index is -0.349. The summed E-state index contributed by atoms with van der Waals surface area (Å²) < 4.78 is 12.8. The maximum atomic E-state index is 12.8. The van der Waals surface area contributed by atoms with Crippen molar-refractivity contribution in [1.29, 1.82) is 0 Å². The number of thiocarbonyl (C=S) groups is 1. The predicted molar refractivity (Wildman–Crippen MR) is 62.1 cm³/mol. The first kappa shape index (κ1) is 9.79. The third-order valence-corrected chi connectivity index (χ3v) is 2.02. The van der Waals surface area contributed by atoms with Gasteiger partial charge in [-0.1, -0.05) is 6.07 Å². The van der Waals surface area contributed by atoms with Crippen molar-refractivity contribution in [3.05, 3.63) is 36.3 Å². The van der Waals surface area contributed by atoms with E-state index in [-0.39, 0.29) is 10.9 Å². The van der Waals surface area contributed by atoms with Gasteiger partial charge in [0.05, 0.1) is 11.7 Å². The molecule has 0 aliphatic carbocycles. The fourth-order valence-electron chi connectivity index (χ4n) is 1.31. The summed E-state index contributed by atoms with van der Waals surface area (Å²) in [6.07, 6.45) is 1.17. The maximum absolute atomic E-state index is 12.8. The quantitative estimate of drug-likeness (QED) is 0.723. The van der Waals surface area contributed by atoms with Gasteiger partial charge in [-0.15, -0.1) is 0 Å². The normalized spacial score (nSPS) is 10.2. The number of nitrogens with one attached hydrogen (secondary N) is 1. The molecule has 0 amide bonds. The van der Waals surface area contributed by atoms with Gasteiger partial charge in [0.25, 0.3) is 0 Å². The highest BCUT2D eigenvalue weighted by Gasteiger charge is 1.99. The van der Waals surface area contributed by atoms with E-state index in [0.29, 0.717) is 5.52 Å². The summed E-state index contributed by atoms with van der Waals surface area (Å²) in [6, 6.07) is 6.70. The van der Waals surface area contributed by atoms with E-state index in [0.717, 1.165) is 11.1 Å². The number of anilines is 1. The van der Waals surface area contributed by atoms with Gasteiger partial charge in [0.1, 0.15) is 5.82 Å². The number of aromatic nitrogens is 1. The fourth-order valence-corrected chi connectivity index (χ4v) is 1.43. The number of fused-ring (bicyclic) bond motifs is 1. The summed E-state index contributed by atoms with van der Waals surface area (Å²) in [4.78, 5) is 3.95. The van der Waals surface area contributed by atoms with Crippen LogP contribution in [-0.4, -0.2) is 10.1 Å². The average Bonchev–Trinajstić information content (AvgIpc) is 2.17. The molecule has 0 aliphatic rings. The number of nitrogens with zero attached hydrogens (tertiary/aromatic N) is 1. The first-order valence-corrected chi connectivity index (χ1v) is 4.68. The molecular formula is C10H8FN3S. The number of pyridine rings is 1. The van der Waals surface area contributed by atoms with Crippen LogP contribution in [0, 0.1) is 5.82 Å². The zero-order valence-corrected chi connectivity index (χ0v) is 8.51. The molecule has 0 radical (unpaired) electrons. The third kappa shape index (κ3) is 2.19. The van der Waals surface area contributed by atoms with Crippen molar-refractivity contribution < 1.29 is 4.39 Å². The van der Waals surface area contributed by atoms with Gasteiger partial charge >= 0.3 is 0 Å². The topological polar surface area (TPSA) is 50.9 Å². The molecule has 0 unspecified atom stereocenters. The zero-order chi connectivity index (χ0) is 10.8. The third-order valence-electron chi connectivity index (χ3n) is 1.92. The fraction of sp³-hybridized carbons (Fsp3) is 0. The van der Waals surface area contributed by atoms with Crippen LogP contribution in [0.5, 0.6) is 0 Å². The molecule has 3 nitrogen and oxygen atoms in total. The summed E-state index contributed by atoms with van der Waals surface area (Å²) >= 11 is 4.71. The van der Waals surface area contributed by atoms with Crippen LogP contribution >= 0.6 is 12.2 Å². The molecule has 0 spiro atoms. The largest absolute Gasteiger partial charge is 0.376 e. The van der Waals surface area contributed by atoms with Crippen molar-refractivity contribution in [3.63, 3.8) is 0 Å². The highest BCUT2D eigenvalue weighted by atomic mass is 32.1. The summed E-state index contributed by atoms with van der Waals surface area (Å²) in [5, 5.41) is 3.72. The molecule has 2 rings (SSSR count). The van der Waals surface area contributed by atoms with Crippen LogP contribution in [0.2, 0.25) is 0 Å². The Morgan fingerprint density at radius 1 is 1.40 bits per heavy atom. The van der Waals surface area contributed by atoms with E-state index in [9.17, 15) is 4.39 Å². The van der Waals surface area contributed by atoms with E-state index in [1.54, 1.807) is 18.2 Å². The van der Waals surface area contributed by atoms with Crippen LogP contribution in [0.25, 0.3) is 10.9 Å². The monoisotopic (exact) mass is 221 g/mol. The minimum Gasteiger partial charge on any atom is -0.376 e. The highest BCUT2D eigenvalue weighted by molar-refractivity contribution is 7.80. The molecule has 15 heavy (non-hydrogen) atoms. The van der Waals surface area contributed by atoms with Crippen molar-refractivity contribution in [2.45, 2.75) is 0 Å². The summed E-state index contributed by atoms with van der Waals surface area (Å²) in [7, 11) is 0. The minimum absolute atomic E-state index is 0.191. The van der Waals surface area contributed by atoms with E-state index in [1.807, 2.05) is 0 Å². The second-order valence-electron chi connectivity index (χ2n) is 3.05. The van der Waals surface area contributed by atoms with Gasteiger partial charge in [-0.05, 0) is 30.4 Å². The van der Waals surface area contributed by atoms with E-state index in [1.165, 1.54) is 12.3 Å². The molecule has 0 atom stereocenters. The lowest BCUT2D eigenvalue weighted by molar-refractivity contribution is 0.624. The highest BCUT2D eigenvalue weighted by Crippen LogP contribution is 2.17. The van der Waals surface area contributed by atoms with Crippen molar-refractivity contribution in [3.8, 4) is 0 Å². The molecule has 0 fully saturated rings. The molecule has 76 valence electrons. The molecule has 0 saturated carbocycles. The van der Waals surface area contributed by atoms with Crippen molar-refractivity contribution in [1.82, 2.24) is 4.98 Å². The molecule has 1 aromatic carbocycles. The number of hydrogen-bond acceptors (Lipinski definition) is 2. The Balaban J connectivity index is 2.47. The van der Waals surface area contributed by atoms with Gasteiger partial charge in [-0.3, -0.25) is 4.98 Å². The molecule has 1 heterocycles. The smallest absolute Gasteiger partial charge is 0.168 e.